The van der Waals surface area contributed by atoms with Crippen molar-refractivity contribution in [3.05, 3.63) is 19.9 Å². The van der Waals surface area contributed by atoms with E-state index in [9.17, 15) is 4.79 Å². The van der Waals surface area contributed by atoms with Crippen LogP contribution >= 0.6 is 38.5 Å². The van der Waals surface area contributed by atoms with Crippen LogP contribution in [-0.2, 0) is 9.53 Å². The van der Waals surface area contributed by atoms with Crippen LogP contribution in [0.15, 0.2) is 10.7 Å². The Morgan fingerprint density at radius 3 is 3.20 bits per heavy atom. The highest BCUT2D eigenvalue weighted by atomic mass is 127. The maximum absolute atomic E-state index is 11.5. The van der Waals surface area contributed by atoms with Gasteiger partial charge in [0.25, 0.3) is 0 Å². The zero-order chi connectivity index (χ0) is 11.0. The van der Waals surface area contributed by atoms with Crippen molar-refractivity contribution >= 4 is 44.5 Å². The zero-order valence-corrected chi connectivity index (χ0v) is 11.5. The van der Waals surface area contributed by atoms with Gasteiger partial charge in [0.1, 0.15) is 20.8 Å². The van der Waals surface area contributed by atoms with E-state index >= 15 is 0 Å². The first-order valence-corrected chi connectivity index (χ1v) is 6.07. The van der Waals surface area contributed by atoms with Crippen LogP contribution in [0.25, 0.3) is 0 Å². The summed E-state index contributed by atoms with van der Waals surface area (Å²) >= 11 is 5.40. The molecule has 1 aromatic heterocycles. The van der Waals surface area contributed by atoms with Crippen LogP contribution in [0.1, 0.15) is 11.5 Å². The van der Waals surface area contributed by atoms with Gasteiger partial charge in [0, 0.05) is 5.56 Å². The molecule has 1 aromatic rings. The van der Waals surface area contributed by atoms with Gasteiger partial charge in [-0.15, -0.1) is 0 Å². The molecule has 6 heteroatoms. The average Bonchev–Trinajstić information content (AvgIpc) is 2.60. The van der Waals surface area contributed by atoms with Crippen LogP contribution in [0.2, 0.25) is 0 Å². The third-order valence-corrected chi connectivity index (χ3v) is 3.27. The Morgan fingerprint density at radius 2 is 2.53 bits per heavy atom. The summed E-state index contributed by atoms with van der Waals surface area (Å²) < 4.78 is 11.6. The predicted octanol–water partition coefficient (Wildman–Crippen LogP) is 2.10. The van der Waals surface area contributed by atoms with Gasteiger partial charge in [-0.25, -0.2) is 4.98 Å². The molecule has 80 valence electrons. The maximum Gasteiger partial charge on any atom is 0.316 e. The first-order valence-electron chi connectivity index (χ1n) is 4.20. The summed E-state index contributed by atoms with van der Waals surface area (Å²) in [6.45, 7) is 0.322. The second kappa shape index (κ2) is 4.25. The Labute approximate surface area is 109 Å². The number of carbonyl (C=O) groups is 1. The summed E-state index contributed by atoms with van der Waals surface area (Å²) in [5.41, 5.74) is 0.841. The van der Waals surface area contributed by atoms with Crippen LogP contribution in [0.5, 0.6) is 5.75 Å². The minimum absolute atomic E-state index is 0.275. The Bertz CT molecular complexity index is 424. The van der Waals surface area contributed by atoms with Crippen LogP contribution in [0.3, 0.4) is 0 Å². The molecular formula is C9H7BrINO3. The quantitative estimate of drug-likeness (QED) is 0.423. The number of methoxy groups -OCH3 is 1. The van der Waals surface area contributed by atoms with Gasteiger partial charge in [-0.05, 0) is 44.6 Å². The summed E-state index contributed by atoms with van der Waals surface area (Å²) in [5, 5.41) is 0. The van der Waals surface area contributed by atoms with E-state index in [-0.39, 0.29) is 11.9 Å². The molecule has 4 nitrogen and oxygen atoms in total. The van der Waals surface area contributed by atoms with Crippen molar-refractivity contribution in [3.63, 3.8) is 0 Å². The number of hydrogen-bond acceptors (Lipinski definition) is 4. The number of fused-ring (bicyclic) bond motifs is 1. The van der Waals surface area contributed by atoms with E-state index in [2.05, 4.69) is 43.5 Å². The molecule has 0 bridgehead atoms. The highest BCUT2D eigenvalue weighted by molar-refractivity contribution is 14.1. The van der Waals surface area contributed by atoms with Crippen molar-refractivity contribution in [1.82, 2.24) is 4.98 Å². The fourth-order valence-electron chi connectivity index (χ4n) is 1.49. The summed E-state index contributed by atoms with van der Waals surface area (Å²) in [5.74, 6) is 0.0336. The fourth-order valence-corrected chi connectivity index (χ4v) is 2.93. The van der Waals surface area contributed by atoms with Gasteiger partial charge in [-0.2, -0.15) is 0 Å². The van der Waals surface area contributed by atoms with E-state index < -0.39 is 0 Å². The summed E-state index contributed by atoms with van der Waals surface area (Å²) in [7, 11) is 1.38. The number of ether oxygens (including phenoxy) is 2. The molecule has 15 heavy (non-hydrogen) atoms. The van der Waals surface area contributed by atoms with Crippen LogP contribution in [0, 0.1) is 3.70 Å². The topological polar surface area (TPSA) is 48.4 Å². The molecule has 0 fully saturated rings. The number of carbonyl (C=O) groups excluding carboxylic acids is 1. The van der Waals surface area contributed by atoms with Gasteiger partial charge in [0.15, 0.2) is 5.75 Å². The summed E-state index contributed by atoms with van der Waals surface area (Å²) in [6, 6.07) is 1.84. The maximum atomic E-state index is 11.5. The monoisotopic (exact) mass is 383 g/mol. The lowest BCUT2D eigenvalue weighted by molar-refractivity contribution is -0.142. The van der Waals surface area contributed by atoms with Crippen LogP contribution < -0.4 is 4.74 Å². The van der Waals surface area contributed by atoms with Gasteiger partial charge >= 0.3 is 5.97 Å². The van der Waals surface area contributed by atoms with E-state index in [1.165, 1.54) is 7.11 Å². The first-order chi connectivity index (χ1) is 7.13. The SMILES string of the molecule is COC(=O)C1COc2c1cc(I)nc2Br. The highest BCUT2D eigenvalue weighted by Gasteiger charge is 2.33. The molecule has 0 N–H and O–H groups in total. The molecule has 0 saturated carbocycles. The molecule has 0 radical (unpaired) electrons. The Hall–Kier alpha value is -0.370. The minimum Gasteiger partial charge on any atom is -0.489 e. The summed E-state index contributed by atoms with van der Waals surface area (Å²) in [4.78, 5) is 15.7. The number of pyridine rings is 1. The van der Waals surface area contributed by atoms with Crippen molar-refractivity contribution in [1.29, 1.82) is 0 Å². The van der Waals surface area contributed by atoms with E-state index in [1.54, 1.807) is 0 Å². The smallest absolute Gasteiger partial charge is 0.316 e. The van der Waals surface area contributed by atoms with Crippen LogP contribution in [0.4, 0.5) is 0 Å². The molecule has 0 saturated heterocycles. The van der Waals surface area contributed by atoms with E-state index in [4.69, 9.17) is 9.47 Å². The molecule has 0 spiro atoms. The van der Waals surface area contributed by atoms with Crippen molar-refractivity contribution in [2.75, 3.05) is 13.7 Å². The second-order valence-corrected chi connectivity index (χ2v) is 4.90. The Morgan fingerprint density at radius 1 is 1.80 bits per heavy atom. The molecule has 0 aliphatic carbocycles. The third-order valence-electron chi connectivity index (χ3n) is 2.18. The van der Waals surface area contributed by atoms with Gasteiger partial charge in [-0.1, -0.05) is 0 Å². The van der Waals surface area contributed by atoms with Gasteiger partial charge in [0.2, 0.25) is 0 Å². The summed E-state index contributed by atoms with van der Waals surface area (Å²) in [6.07, 6.45) is 0. The lowest BCUT2D eigenvalue weighted by Gasteiger charge is -2.05. The number of esters is 1. The molecular weight excluding hydrogens is 377 g/mol. The van der Waals surface area contributed by atoms with Crippen molar-refractivity contribution < 1.29 is 14.3 Å². The lowest BCUT2D eigenvalue weighted by atomic mass is 10.0. The highest BCUT2D eigenvalue weighted by Crippen LogP contribution is 2.39. The Kier molecular flexibility index (Phi) is 3.15. The number of rotatable bonds is 1. The number of halogens is 2. The minimum atomic E-state index is -0.335. The largest absolute Gasteiger partial charge is 0.489 e. The van der Waals surface area contributed by atoms with E-state index in [1.807, 2.05) is 6.07 Å². The first kappa shape index (κ1) is 11.1. The molecule has 1 aliphatic rings. The molecule has 1 unspecified atom stereocenters. The molecule has 2 rings (SSSR count). The number of nitrogens with zero attached hydrogens (tertiary/aromatic N) is 1. The van der Waals surface area contributed by atoms with Gasteiger partial charge in [0.05, 0.1) is 7.11 Å². The average molecular weight is 384 g/mol. The Balaban J connectivity index is 2.46. The normalized spacial score (nSPS) is 18.2. The number of hydrogen-bond donors (Lipinski definition) is 0. The molecule has 0 aromatic carbocycles. The molecule has 2 heterocycles. The lowest BCUT2D eigenvalue weighted by Crippen LogP contribution is -2.15. The van der Waals surface area contributed by atoms with E-state index in [0.29, 0.717) is 17.0 Å². The fraction of sp³-hybridized carbons (Fsp3) is 0.333. The van der Waals surface area contributed by atoms with Crippen LogP contribution in [-0.4, -0.2) is 24.7 Å². The zero-order valence-electron chi connectivity index (χ0n) is 7.79. The predicted molar refractivity (Wildman–Crippen MR) is 64.9 cm³/mol. The molecule has 1 atom stereocenters. The van der Waals surface area contributed by atoms with Gasteiger partial charge < -0.3 is 9.47 Å². The van der Waals surface area contributed by atoms with Gasteiger partial charge in [-0.3, -0.25) is 4.79 Å². The third kappa shape index (κ3) is 1.96. The van der Waals surface area contributed by atoms with Crippen molar-refractivity contribution in [2.45, 2.75) is 5.92 Å². The molecule has 0 amide bonds. The molecule has 1 aliphatic heterocycles. The number of aromatic nitrogens is 1. The van der Waals surface area contributed by atoms with E-state index in [0.717, 1.165) is 9.26 Å². The second-order valence-electron chi connectivity index (χ2n) is 3.04. The van der Waals surface area contributed by atoms with Crippen molar-refractivity contribution in [2.24, 2.45) is 0 Å². The van der Waals surface area contributed by atoms with Crippen molar-refractivity contribution in [3.8, 4) is 5.75 Å². The standard InChI is InChI=1S/C9H7BrINO3/c1-14-9(13)5-3-15-7-4(5)2-6(11)12-8(7)10/h2,5H,3H2,1H3.